The zero-order valence-corrected chi connectivity index (χ0v) is 14.5. The van der Waals surface area contributed by atoms with Gasteiger partial charge in [-0.05, 0) is 31.6 Å². The molecular formula is C14H30N4O2S. The number of nitrogens with one attached hydrogen (secondary N) is 2. The quantitative estimate of drug-likeness (QED) is 0.433. The summed E-state index contributed by atoms with van der Waals surface area (Å²) >= 11 is 0. The maximum absolute atomic E-state index is 11.3. The monoisotopic (exact) mass is 318 g/mol. The minimum Gasteiger partial charge on any atom is -0.356 e. The highest BCUT2D eigenvalue weighted by atomic mass is 32.2. The molecule has 1 heterocycles. The molecule has 0 amide bonds. The number of hydrogen-bond donors (Lipinski definition) is 2. The van der Waals surface area contributed by atoms with Gasteiger partial charge < -0.3 is 10.2 Å². The van der Waals surface area contributed by atoms with Crippen molar-refractivity contribution in [2.75, 3.05) is 39.0 Å². The van der Waals surface area contributed by atoms with Crippen LogP contribution in [0.5, 0.6) is 0 Å². The van der Waals surface area contributed by atoms with Crippen LogP contribution in [-0.4, -0.2) is 58.3 Å². The van der Waals surface area contributed by atoms with Crippen LogP contribution in [0.15, 0.2) is 4.99 Å². The maximum Gasteiger partial charge on any atom is 0.211 e. The standard InChI is InChI=1S/C14H30N4O2S/c1-5-21(19,20)17-8-6-7-16-14(15-4)18-10-12(2)9-13(3)11-18/h12-13,17H,5-11H2,1-4H3,(H,15,16). The predicted octanol–water partition coefficient (Wildman–Crippen LogP) is 0.869. The number of nitrogens with zero attached hydrogens (tertiary/aromatic N) is 2. The van der Waals surface area contributed by atoms with E-state index in [1.54, 1.807) is 14.0 Å². The van der Waals surface area contributed by atoms with E-state index in [2.05, 4.69) is 33.8 Å². The lowest BCUT2D eigenvalue weighted by Gasteiger charge is -2.37. The van der Waals surface area contributed by atoms with Crippen molar-refractivity contribution in [1.29, 1.82) is 0 Å². The molecule has 1 rings (SSSR count). The molecule has 1 saturated heterocycles. The van der Waals surface area contributed by atoms with Crippen molar-refractivity contribution < 1.29 is 8.42 Å². The van der Waals surface area contributed by atoms with Crippen molar-refractivity contribution >= 4 is 16.0 Å². The molecule has 2 N–H and O–H groups in total. The van der Waals surface area contributed by atoms with E-state index in [0.717, 1.165) is 32.0 Å². The first kappa shape index (κ1) is 18.2. The first-order chi connectivity index (χ1) is 9.88. The lowest BCUT2D eigenvalue weighted by molar-refractivity contribution is 0.208. The smallest absolute Gasteiger partial charge is 0.211 e. The normalized spacial score (nSPS) is 24.2. The fraction of sp³-hybridized carbons (Fsp3) is 0.929. The number of aliphatic imine (C=N–C) groups is 1. The van der Waals surface area contributed by atoms with Gasteiger partial charge in [-0.25, -0.2) is 13.1 Å². The Morgan fingerprint density at radius 2 is 1.86 bits per heavy atom. The van der Waals surface area contributed by atoms with Crippen molar-refractivity contribution in [3.8, 4) is 0 Å². The number of sulfonamides is 1. The Hall–Kier alpha value is -0.820. The molecular weight excluding hydrogens is 288 g/mol. The fourth-order valence-corrected chi connectivity index (χ4v) is 3.45. The van der Waals surface area contributed by atoms with Gasteiger partial charge >= 0.3 is 0 Å². The van der Waals surface area contributed by atoms with Gasteiger partial charge in [-0.3, -0.25) is 4.99 Å². The number of rotatable bonds is 6. The molecule has 0 bridgehead atoms. The Bertz CT molecular complexity index is 426. The zero-order chi connectivity index (χ0) is 15.9. The second kappa shape index (κ2) is 8.58. The Labute approximate surface area is 129 Å². The van der Waals surface area contributed by atoms with Crippen LogP contribution < -0.4 is 10.0 Å². The Balaban J connectivity index is 2.32. The molecule has 0 aromatic heterocycles. The third kappa shape index (κ3) is 6.65. The SMILES string of the molecule is CCS(=O)(=O)NCCCNC(=NC)N1CC(C)CC(C)C1. The third-order valence-electron chi connectivity index (χ3n) is 3.72. The number of hydrogen-bond acceptors (Lipinski definition) is 3. The second-order valence-electron chi connectivity index (χ2n) is 5.98. The van der Waals surface area contributed by atoms with E-state index in [9.17, 15) is 8.42 Å². The molecule has 2 unspecified atom stereocenters. The largest absolute Gasteiger partial charge is 0.356 e. The summed E-state index contributed by atoms with van der Waals surface area (Å²) in [4.78, 5) is 6.64. The summed E-state index contributed by atoms with van der Waals surface area (Å²) in [6.45, 7) is 9.44. The van der Waals surface area contributed by atoms with Gasteiger partial charge in [-0.15, -0.1) is 0 Å². The molecule has 0 aromatic rings. The van der Waals surface area contributed by atoms with Crippen LogP contribution in [0.3, 0.4) is 0 Å². The van der Waals surface area contributed by atoms with Crippen LogP contribution in [0.4, 0.5) is 0 Å². The summed E-state index contributed by atoms with van der Waals surface area (Å²) < 4.78 is 25.2. The Kier molecular flexibility index (Phi) is 7.45. The van der Waals surface area contributed by atoms with Gasteiger partial charge in [-0.2, -0.15) is 0 Å². The summed E-state index contributed by atoms with van der Waals surface area (Å²) in [7, 11) is -1.28. The van der Waals surface area contributed by atoms with Crippen molar-refractivity contribution in [2.24, 2.45) is 16.8 Å². The lowest BCUT2D eigenvalue weighted by atomic mass is 9.92. The Morgan fingerprint density at radius 3 is 2.38 bits per heavy atom. The van der Waals surface area contributed by atoms with Gasteiger partial charge in [-0.1, -0.05) is 13.8 Å². The molecule has 2 atom stereocenters. The van der Waals surface area contributed by atoms with E-state index in [0.29, 0.717) is 18.4 Å². The molecule has 0 radical (unpaired) electrons. The molecule has 7 heteroatoms. The van der Waals surface area contributed by atoms with Crippen LogP contribution in [0.2, 0.25) is 0 Å². The van der Waals surface area contributed by atoms with Crippen LogP contribution in [0.1, 0.15) is 33.6 Å². The molecule has 1 fully saturated rings. The van der Waals surface area contributed by atoms with Gasteiger partial charge in [0.05, 0.1) is 5.75 Å². The third-order valence-corrected chi connectivity index (χ3v) is 5.12. The topological polar surface area (TPSA) is 73.8 Å². The van der Waals surface area contributed by atoms with Gasteiger partial charge in [0.25, 0.3) is 0 Å². The molecule has 1 aliphatic rings. The van der Waals surface area contributed by atoms with Crippen LogP contribution >= 0.6 is 0 Å². The van der Waals surface area contributed by atoms with E-state index in [1.807, 2.05) is 0 Å². The minimum absolute atomic E-state index is 0.131. The molecule has 6 nitrogen and oxygen atoms in total. The summed E-state index contributed by atoms with van der Waals surface area (Å²) in [6.07, 6.45) is 2.02. The average molecular weight is 318 g/mol. The van der Waals surface area contributed by atoms with Crippen LogP contribution in [-0.2, 0) is 10.0 Å². The summed E-state index contributed by atoms with van der Waals surface area (Å²) in [5.74, 6) is 2.42. The predicted molar refractivity (Wildman–Crippen MR) is 88.0 cm³/mol. The average Bonchev–Trinajstić information content (AvgIpc) is 2.41. The van der Waals surface area contributed by atoms with Crippen molar-refractivity contribution in [3.63, 3.8) is 0 Å². The summed E-state index contributed by atoms with van der Waals surface area (Å²) in [5, 5.41) is 3.33. The van der Waals surface area contributed by atoms with Crippen molar-refractivity contribution in [1.82, 2.24) is 14.9 Å². The van der Waals surface area contributed by atoms with Crippen molar-refractivity contribution in [2.45, 2.75) is 33.6 Å². The lowest BCUT2D eigenvalue weighted by Crippen LogP contribution is -2.48. The highest BCUT2D eigenvalue weighted by Gasteiger charge is 2.23. The fourth-order valence-electron chi connectivity index (χ4n) is 2.79. The molecule has 0 aromatic carbocycles. The van der Waals surface area contributed by atoms with E-state index < -0.39 is 10.0 Å². The van der Waals surface area contributed by atoms with Gasteiger partial charge in [0, 0.05) is 33.2 Å². The molecule has 21 heavy (non-hydrogen) atoms. The van der Waals surface area contributed by atoms with Gasteiger partial charge in [0.1, 0.15) is 0 Å². The van der Waals surface area contributed by atoms with E-state index >= 15 is 0 Å². The van der Waals surface area contributed by atoms with Gasteiger partial charge in [0.2, 0.25) is 10.0 Å². The zero-order valence-electron chi connectivity index (χ0n) is 13.7. The minimum atomic E-state index is -3.08. The maximum atomic E-state index is 11.3. The molecule has 1 aliphatic heterocycles. The molecule has 0 saturated carbocycles. The molecule has 0 aliphatic carbocycles. The Morgan fingerprint density at radius 1 is 1.24 bits per heavy atom. The van der Waals surface area contributed by atoms with Crippen LogP contribution in [0, 0.1) is 11.8 Å². The van der Waals surface area contributed by atoms with E-state index in [4.69, 9.17) is 0 Å². The highest BCUT2D eigenvalue weighted by molar-refractivity contribution is 7.89. The number of guanidine groups is 1. The van der Waals surface area contributed by atoms with E-state index in [-0.39, 0.29) is 5.75 Å². The van der Waals surface area contributed by atoms with Crippen LogP contribution in [0.25, 0.3) is 0 Å². The molecule has 124 valence electrons. The first-order valence-corrected chi connectivity index (χ1v) is 9.46. The molecule has 0 spiro atoms. The highest BCUT2D eigenvalue weighted by Crippen LogP contribution is 2.20. The second-order valence-corrected chi connectivity index (χ2v) is 8.07. The van der Waals surface area contributed by atoms with E-state index in [1.165, 1.54) is 6.42 Å². The van der Waals surface area contributed by atoms with Gasteiger partial charge in [0.15, 0.2) is 5.96 Å². The van der Waals surface area contributed by atoms with Crippen molar-refractivity contribution in [3.05, 3.63) is 0 Å². The number of piperidine rings is 1. The first-order valence-electron chi connectivity index (χ1n) is 7.80. The number of likely N-dealkylation sites (tertiary alicyclic amines) is 1. The summed E-state index contributed by atoms with van der Waals surface area (Å²) in [5.41, 5.74) is 0. The summed E-state index contributed by atoms with van der Waals surface area (Å²) in [6, 6.07) is 0.